The average Bonchev–Trinajstić information content (AvgIpc) is 2.89. The summed E-state index contributed by atoms with van der Waals surface area (Å²) in [4.78, 5) is 28.8. The van der Waals surface area contributed by atoms with Crippen LogP contribution in [-0.4, -0.2) is 50.0 Å². The molecule has 38 heavy (non-hydrogen) atoms. The lowest BCUT2D eigenvalue weighted by molar-refractivity contribution is -0.140. The number of benzene rings is 2. The smallest absolute Gasteiger partial charge is 0.244 e. The van der Waals surface area contributed by atoms with E-state index in [4.69, 9.17) is 23.2 Å². The first-order valence-corrected chi connectivity index (χ1v) is 15.7. The number of hydrogen-bond acceptors (Lipinski definition) is 4. The highest BCUT2D eigenvalue weighted by atomic mass is 35.5. The van der Waals surface area contributed by atoms with Crippen molar-refractivity contribution in [2.75, 3.05) is 17.1 Å². The lowest BCUT2D eigenvalue weighted by Gasteiger charge is -2.34. The van der Waals surface area contributed by atoms with Crippen molar-refractivity contribution in [3.63, 3.8) is 0 Å². The van der Waals surface area contributed by atoms with Gasteiger partial charge in [-0.15, -0.1) is 0 Å². The van der Waals surface area contributed by atoms with Gasteiger partial charge in [-0.3, -0.25) is 13.9 Å². The van der Waals surface area contributed by atoms with Crippen molar-refractivity contribution < 1.29 is 18.0 Å². The van der Waals surface area contributed by atoms with Crippen LogP contribution >= 0.6 is 23.2 Å². The third-order valence-corrected chi connectivity index (χ3v) is 8.86. The number of para-hydroxylation sites is 1. The number of aryl methyl sites for hydroxylation is 1. The molecule has 208 valence electrons. The lowest BCUT2D eigenvalue weighted by atomic mass is 9.95. The summed E-state index contributed by atoms with van der Waals surface area (Å²) in [5.41, 5.74) is 1.96. The molecule has 0 aliphatic heterocycles. The van der Waals surface area contributed by atoms with Gasteiger partial charge in [-0.2, -0.15) is 0 Å². The van der Waals surface area contributed by atoms with Gasteiger partial charge in [-0.25, -0.2) is 8.42 Å². The first-order chi connectivity index (χ1) is 18.0. The van der Waals surface area contributed by atoms with Gasteiger partial charge in [-0.1, -0.05) is 80.6 Å². The Hall–Kier alpha value is -2.29. The number of anilines is 1. The monoisotopic (exact) mass is 581 g/mol. The quantitative estimate of drug-likeness (QED) is 0.375. The van der Waals surface area contributed by atoms with Gasteiger partial charge < -0.3 is 10.2 Å². The Kier molecular flexibility index (Phi) is 10.9. The molecule has 0 heterocycles. The number of nitrogens with one attached hydrogen (secondary N) is 1. The number of sulfonamides is 1. The highest BCUT2D eigenvalue weighted by Gasteiger charge is 2.33. The summed E-state index contributed by atoms with van der Waals surface area (Å²) in [6.07, 6.45) is 7.18. The van der Waals surface area contributed by atoms with Gasteiger partial charge in [0.05, 0.1) is 22.0 Å². The van der Waals surface area contributed by atoms with E-state index in [1.165, 1.54) is 4.90 Å². The zero-order chi connectivity index (χ0) is 27.9. The molecule has 0 bridgehead atoms. The molecule has 0 aromatic heterocycles. The minimum absolute atomic E-state index is 0.0798. The fraction of sp³-hybridized carbons (Fsp3) is 0.500. The maximum atomic E-state index is 13.9. The van der Waals surface area contributed by atoms with E-state index >= 15 is 0 Å². The van der Waals surface area contributed by atoms with Crippen LogP contribution in [-0.2, 0) is 32.6 Å². The number of hydrogen-bond donors (Lipinski definition) is 1. The summed E-state index contributed by atoms with van der Waals surface area (Å²) in [7, 11) is -3.79. The molecule has 1 N–H and O–H groups in total. The van der Waals surface area contributed by atoms with Gasteiger partial charge in [0.15, 0.2) is 0 Å². The Morgan fingerprint density at radius 2 is 1.71 bits per heavy atom. The Balaban J connectivity index is 1.96. The fourth-order valence-corrected chi connectivity index (χ4v) is 6.15. The van der Waals surface area contributed by atoms with Crippen molar-refractivity contribution in [2.24, 2.45) is 0 Å². The van der Waals surface area contributed by atoms with Crippen LogP contribution in [0.2, 0.25) is 10.0 Å². The lowest BCUT2D eigenvalue weighted by Crippen LogP contribution is -2.54. The highest BCUT2D eigenvalue weighted by Crippen LogP contribution is 2.27. The maximum Gasteiger partial charge on any atom is 0.244 e. The third kappa shape index (κ3) is 7.87. The molecule has 0 unspecified atom stereocenters. The van der Waals surface area contributed by atoms with E-state index < -0.39 is 28.5 Å². The standard InChI is InChI=1S/C28H37Cl2N3O4S/c1-4-21-11-9-10-14-26(21)33(38(3,36)37)19-27(34)32(18-20-15-16-23(29)24(30)17-20)25(5-2)28(35)31-22-12-7-6-8-13-22/h9-11,14-17,22,25H,4-8,12-13,18-19H2,1-3H3,(H,31,35)/t25-/m0/s1. The maximum absolute atomic E-state index is 13.9. The zero-order valence-electron chi connectivity index (χ0n) is 22.3. The van der Waals surface area contributed by atoms with E-state index in [1.807, 2.05) is 26.0 Å². The Labute approximate surface area is 236 Å². The molecule has 2 amide bonds. The second kappa shape index (κ2) is 13.7. The van der Waals surface area contributed by atoms with Crippen LogP contribution < -0.4 is 9.62 Å². The molecule has 1 atom stereocenters. The van der Waals surface area contributed by atoms with Crippen molar-refractivity contribution in [2.45, 2.75) is 77.4 Å². The normalized spacial score (nSPS) is 15.1. The van der Waals surface area contributed by atoms with Crippen LogP contribution in [0.5, 0.6) is 0 Å². The summed E-state index contributed by atoms with van der Waals surface area (Å²) in [5.74, 6) is -0.703. The van der Waals surface area contributed by atoms with Crippen LogP contribution in [0.15, 0.2) is 42.5 Å². The van der Waals surface area contributed by atoms with Crippen LogP contribution in [0.3, 0.4) is 0 Å². The molecule has 0 saturated heterocycles. The predicted molar refractivity (Wildman–Crippen MR) is 154 cm³/mol. The summed E-state index contributed by atoms with van der Waals surface area (Å²) in [6.45, 7) is 3.44. The number of carbonyl (C=O) groups excluding carboxylic acids is 2. The van der Waals surface area contributed by atoms with Gasteiger partial charge >= 0.3 is 0 Å². The summed E-state index contributed by atoms with van der Waals surface area (Å²) < 4.78 is 26.9. The predicted octanol–water partition coefficient (Wildman–Crippen LogP) is 5.58. The number of rotatable bonds is 11. The second-order valence-corrected chi connectivity index (χ2v) is 12.5. The SMILES string of the molecule is CCc1ccccc1N(CC(=O)N(Cc1ccc(Cl)c(Cl)c1)[C@@H](CC)C(=O)NC1CCCCC1)S(C)(=O)=O. The van der Waals surface area contributed by atoms with E-state index in [1.54, 1.807) is 30.3 Å². The molecule has 2 aromatic rings. The molecule has 1 aliphatic rings. The largest absolute Gasteiger partial charge is 0.352 e. The first-order valence-electron chi connectivity index (χ1n) is 13.1. The summed E-state index contributed by atoms with van der Waals surface area (Å²) in [5, 5.41) is 3.86. The summed E-state index contributed by atoms with van der Waals surface area (Å²) >= 11 is 12.3. The first kappa shape index (κ1) is 30.3. The van der Waals surface area contributed by atoms with Crippen LogP contribution in [0.25, 0.3) is 0 Å². The fourth-order valence-electron chi connectivity index (χ4n) is 4.95. The molecule has 7 nitrogen and oxygen atoms in total. The van der Waals surface area contributed by atoms with E-state index in [-0.39, 0.29) is 18.5 Å². The van der Waals surface area contributed by atoms with E-state index in [0.29, 0.717) is 34.1 Å². The van der Waals surface area contributed by atoms with Crippen molar-refractivity contribution in [3.05, 3.63) is 63.6 Å². The van der Waals surface area contributed by atoms with E-state index in [0.717, 1.165) is 48.2 Å². The topological polar surface area (TPSA) is 86.8 Å². The number of amides is 2. The Morgan fingerprint density at radius 1 is 1.03 bits per heavy atom. The number of nitrogens with zero attached hydrogens (tertiary/aromatic N) is 2. The van der Waals surface area contributed by atoms with Crippen LogP contribution in [0, 0.1) is 0 Å². The molecule has 1 saturated carbocycles. The third-order valence-electron chi connectivity index (χ3n) is 6.99. The van der Waals surface area contributed by atoms with Gasteiger partial charge in [0.25, 0.3) is 0 Å². The molecular formula is C28H37Cl2N3O4S. The minimum Gasteiger partial charge on any atom is -0.352 e. The second-order valence-electron chi connectivity index (χ2n) is 9.79. The molecule has 10 heteroatoms. The van der Waals surface area contributed by atoms with Gasteiger partial charge in [0, 0.05) is 12.6 Å². The van der Waals surface area contributed by atoms with Crippen molar-refractivity contribution in [1.82, 2.24) is 10.2 Å². The number of carbonyl (C=O) groups is 2. The van der Waals surface area contributed by atoms with Crippen molar-refractivity contribution >= 4 is 50.7 Å². The highest BCUT2D eigenvalue weighted by molar-refractivity contribution is 7.92. The van der Waals surface area contributed by atoms with Crippen molar-refractivity contribution in [3.8, 4) is 0 Å². The molecular weight excluding hydrogens is 545 g/mol. The minimum atomic E-state index is -3.79. The zero-order valence-corrected chi connectivity index (χ0v) is 24.6. The van der Waals surface area contributed by atoms with Gasteiger partial charge in [0.2, 0.25) is 21.8 Å². The summed E-state index contributed by atoms with van der Waals surface area (Å²) in [6, 6.07) is 11.5. The molecule has 1 aliphatic carbocycles. The molecule has 3 rings (SSSR count). The van der Waals surface area contributed by atoms with E-state index in [9.17, 15) is 18.0 Å². The molecule has 0 spiro atoms. The van der Waals surface area contributed by atoms with Crippen LogP contribution in [0.1, 0.15) is 63.5 Å². The molecule has 2 aromatic carbocycles. The average molecular weight is 583 g/mol. The van der Waals surface area contributed by atoms with Crippen molar-refractivity contribution in [1.29, 1.82) is 0 Å². The molecule has 1 fully saturated rings. The molecule has 0 radical (unpaired) electrons. The number of halogens is 2. The van der Waals surface area contributed by atoms with Crippen LogP contribution in [0.4, 0.5) is 5.69 Å². The van der Waals surface area contributed by atoms with Gasteiger partial charge in [0.1, 0.15) is 12.6 Å². The van der Waals surface area contributed by atoms with Gasteiger partial charge in [-0.05, 0) is 55.0 Å². The Morgan fingerprint density at radius 3 is 2.32 bits per heavy atom. The Bertz CT molecular complexity index is 1230. The van der Waals surface area contributed by atoms with E-state index in [2.05, 4.69) is 5.32 Å².